The second kappa shape index (κ2) is 6.91. The molecule has 5 nitrogen and oxygen atoms in total. The van der Waals surface area contributed by atoms with E-state index in [2.05, 4.69) is 32.2 Å². The predicted octanol–water partition coefficient (Wildman–Crippen LogP) is 3.32. The van der Waals surface area contributed by atoms with Crippen molar-refractivity contribution in [2.24, 2.45) is 0 Å². The Kier molecular flexibility index (Phi) is 4.88. The topological polar surface area (TPSA) is 50.8 Å². The van der Waals surface area contributed by atoms with Gasteiger partial charge in [-0.2, -0.15) is 0 Å². The third kappa shape index (κ3) is 3.60. The summed E-state index contributed by atoms with van der Waals surface area (Å²) >= 11 is 0. The molecule has 1 N–H and O–H groups in total. The summed E-state index contributed by atoms with van der Waals surface area (Å²) in [6.07, 6.45) is 3.41. The van der Waals surface area contributed by atoms with Crippen molar-refractivity contribution < 1.29 is 14.3 Å². The number of urea groups is 1. The quantitative estimate of drug-likeness (QED) is 0.924. The first-order valence-electron chi connectivity index (χ1n) is 8.92. The number of carbonyl (C=O) groups is 1. The van der Waals surface area contributed by atoms with E-state index in [-0.39, 0.29) is 11.4 Å². The van der Waals surface area contributed by atoms with E-state index in [0.29, 0.717) is 25.8 Å². The zero-order valence-corrected chi connectivity index (χ0v) is 14.9. The van der Waals surface area contributed by atoms with Gasteiger partial charge in [-0.05, 0) is 43.9 Å². The van der Waals surface area contributed by atoms with E-state index in [9.17, 15) is 4.79 Å². The first-order chi connectivity index (χ1) is 11.5. The maximum Gasteiger partial charge on any atom is 0.317 e. The minimum Gasteiger partial charge on any atom is -0.486 e. The van der Waals surface area contributed by atoms with Crippen LogP contribution in [0.3, 0.4) is 0 Å². The molecule has 5 heteroatoms. The number of fused-ring (bicyclic) bond motifs is 1. The van der Waals surface area contributed by atoms with Crippen molar-refractivity contribution in [3.05, 3.63) is 23.8 Å². The molecule has 1 fully saturated rings. The fourth-order valence-electron chi connectivity index (χ4n) is 3.36. The maximum atomic E-state index is 12.5. The molecule has 2 aliphatic rings. The Balaban J connectivity index is 1.64. The highest BCUT2D eigenvalue weighted by molar-refractivity contribution is 5.74. The van der Waals surface area contributed by atoms with E-state index in [1.807, 2.05) is 17.0 Å². The summed E-state index contributed by atoms with van der Waals surface area (Å²) in [5, 5.41) is 3.12. The molecule has 2 heterocycles. The second-order valence-electron chi connectivity index (χ2n) is 7.44. The molecule has 1 saturated heterocycles. The van der Waals surface area contributed by atoms with Crippen LogP contribution in [0.25, 0.3) is 0 Å². The van der Waals surface area contributed by atoms with Crippen LogP contribution >= 0.6 is 0 Å². The molecule has 1 aromatic carbocycles. The molecule has 0 saturated carbocycles. The van der Waals surface area contributed by atoms with Crippen molar-refractivity contribution in [3.8, 4) is 11.5 Å². The predicted molar refractivity (Wildman–Crippen MR) is 93.9 cm³/mol. The first kappa shape index (κ1) is 16.9. The van der Waals surface area contributed by atoms with Gasteiger partial charge in [-0.15, -0.1) is 0 Å². The Hall–Kier alpha value is -1.91. The number of piperidine rings is 1. The van der Waals surface area contributed by atoms with Crippen LogP contribution in [0.1, 0.15) is 45.6 Å². The maximum absolute atomic E-state index is 12.5. The highest BCUT2D eigenvalue weighted by atomic mass is 16.6. The van der Waals surface area contributed by atoms with Gasteiger partial charge in [0.15, 0.2) is 11.5 Å². The van der Waals surface area contributed by atoms with Crippen molar-refractivity contribution in [1.82, 2.24) is 10.2 Å². The van der Waals surface area contributed by atoms with Crippen molar-refractivity contribution >= 4 is 6.03 Å². The molecule has 0 bridgehead atoms. The summed E-state index contributed by atoms with van der Waals surface area (Å²) in [5.74, 6) is 1.59. The Morgan fingerprint density at radius 2 is 2.00 bits per heavy atom. The van der Waals surface area contributed by atoms with Crippen LogP contribution in [-0.2, 0) is 5.41 Å². The summed E-state index contributed by atoms with van der Waals surface area (Å²) in [6, 6.07) is 6.43. The SMILES string of the molecule is CC1CCCCN1C(=O)NCC(C)(C)c1ccc2c(c1)OCCO2. The number of likely N-dealkylation sites (tertiary alicyclic amines) is 1. The molecule has 2 amide bonds. The Morgan fingerprint density at radius 1 is 1.25 bits per heavy atom. The molecule has 1 atom stereocenters. The fraction of sp³-hybridized carbons (Fsp3) is 0.632. The first-order valence-corrected chi connectivity index (χ1v) is 8.92. The number of amides is 2. The summed E-state index contributed by atoms with van der Waals surface area (Å²) in [7, 11) is 0. The molecule has 132 valence electrons. The number of rotatable bonds is 3. The number of nitrogens with zero attached hydrogens (tertiary/aromatic N) is 1. The van der Waals surface area contributed by atoms with Crippen LogP contribution in [0.2, 0.25) is 0 Å². The van der Waals surface area contributed by atoms with Crippen molar-refractivity contribution in [3.63, 3.8) is 0 Å². The number of benzene rings is 1. The third-order valence-corrected chi connectivity index (χ3v) is 5.07. The monoisotopic (exact) mass is 332 g/mol. The summed E-state index contributed by atoms with van der Waals surface area (Å²) in [6.45, 7) is 9.04. The molecular formula is C19H28N2O3. The summed E-state index contributed by atoms with van der Waals surface area (Å²) in [5.41, 5.74) is 0.962. The van der Waals surface area contributed by atoms with Crippen LogP contribution < -0.4 is 14.8 Å². The highest BCUT2D eigenvalue weighted by Crippen LogP contribution is 2.35. The molecule has 2 aliphatic heterocycles. The van der Waals surface area contributed by atoms with Gasteiger partial charge < -0.3 is 19.7 Å². The molecule has 1 aromatic rings. The summed E-state index contributed by atoms with van der Waals surface area (Å²) in [4.78, 5) is 14.5. The molecule has 0 aromatic heterocycles. The smallest absolute Gasteiger partial charge is 0.317 e. The van der Waals surface area contributed by atoms with Crippen LogP contribution in [0.5, 0.6) is 11.5 Å². The van der Waals surface area contributed by atoms with Crippen molar-refractivity contribution in [1.29, 1.82) is 0 Å². The lowest BCUT2D eigenvalue weighted by Crippen LogP contribution is -2.49. The van der Waals surface area contributed by atoms with Crippen LogP contribution in [-0.4, -0.2) is 43.3 Å². The lowest BCUT2D eigenvalue weighted by Gasteiger charge is -2.35. The van der Waals surface area contributed by atoms with Crippen LogP contribution in [0, 0.1) is 0 Å². The Morgan fingerprint density at radius 3 is 2.75 bits per heavy atom. The number of ether oxygens (including phenoxy) is 2. The minimum absolute atomic E-state index is 0.0489. The standard InChI is InChI=1S/C19H28N2O3/c1-14-6-4-5-9-21(14)18(22)20-13-19(2,3)15-7-8-16-17(12-15)24-11-10-23-16/h7-8,12,14H,4-6,9-11,13H2,1-3H3,(H,20,22). The van der Waals surface area contributed by atoms with E-state index in [4.69, 9.17) is 9.47 Å². The van der Waals surface area contributed by atoms with Gasteiger partial charge in [0.05, 0.1) is 0 Å². The molecule has 0 spiro atoms. The van der Waals surface area contributed by atoms with Gasteiger partial charge in [0, 0.05) is 24.5 Å². The average Bonchev–Trinajstić information content (AvgIpc) is 2.60. The van der Waals surface area contributed by atoms with E-state index < -0.39 is 0 Å². The van der Waals surface area contributed by atoms with Gasteiger partial charge in [0.1, 0.15) is 13.2 Å². The van der Waals surface area contributed by atoms with E-state index >= 15 is 0 Å². The molecule has 1 unspecified atom stereocenters. The Labute approximate surface area is 144 Å². The van der Waals surface area contributed by atoms with Crippen molar-refractivity contribution in [2.75, 3.05) is 26.3 Å². The largest absolute Gasteiger partial charge is 0.486 e. The van der Waals surface area contributed by atoms with Crippen LogP contribution in [0.4, 0.5) is 4.79 Å². The van der Waals surface area contributed by atoms with Gasteiger partial charge in [-0.25, -0.2) is 4.79 Å². The average molecular weight is 332 g/mol. The molecule has 3 rings (SSSR count). The number of hydrogen-bond acceptors (Lipinski definition) is 3. The van der Waals surface area contributed by atoms with E-state index in [1.165, 1.54) is 6.42 Å². The number of hydrogen-bond donors (Lipinski definition) is 1. The van der Waals surface area contributed by atoms with E-state index in [0.717, 1.165) is 36.4 Å². The molecular weight excluding hydrogens is 304 g/mol. The van der Waals surface area contributed by atoms with Gasteiger partial charge >= 0.3 is 6.03 Å². The van der Waals surface area contributed by atoms with Crippen molar-refractivity contribution in [2.45, 2.75) is 51.5 Å². The Bertz CT molecular complexity index is 600. The van der Waals surface area contributed by atoms with Crippen LogP contribution in [0.15, 0.2) is 18.2 Å². The highest BCUT2D eigenvalue weighted by Gasteiger charge is 2.27. The lowest BCUT2D eigenvalue weighted by molar-refractivity contribution is 0.156. The zero-order valence-electron chi connectivity index (χ0n) is 14.9. The third-order valence-electron chi connectivity index (χ3n) is 5.07. The lowest BCUT2D eigenvalue weighted by atomic mass is 9.84. The fourth-order valence-corrected chi connectivity index (χ4v) is 3.36. The normalized spacial score (nSPS) is 20.6. The van der Waals surface area contributed by atoms with Gasteiger partial charge in [-0.3, -0.25) is 0 Å². The number of nitrogens with one attached hydrogen (secondary N) is 1. The van der Waals surface area contributed by atoms with Gasteiger partial charge in [0.25, 0.3) is 0 Å². The molecule has 24 heavy (non-hydrogen) atoms. The summed E-state index contributed by atoms with van der Waals surface area (Å²) < 4.78 is 11.3. The zero-order chi connectivity index (χ0) is 17.2. The van der Waals surface area contributed by atoms with Gasteiger partial charge in [-0.1, -0.05) is 19.9 Å². The number of carbonyl (C=O) groups excluding carboxylic acids is 1. The van der Waals surface area contributed by atoms with Gasteiger partial charge in [0.2, 0.25) is 0 Å². The molecule has 0 aliphatic carbocycles. The van der Waals surface area contributed by atoms with E-state index in [1.54, 1.807) is 0 Å². The second-order valence-corrected chi connectivity index (χ2v) is 7.44. The molecule has 0 radical (unpaired) electrons. The minimum atomic E-state index is -0.176.